The Hall–Kier alpha value is -5.19. The molecule has 0 bridgehead atoms. The summed E-state index contributed by atoms with van der Waals surface area (Å²) in [5.74, 6) is -3.32. The van der Waals surface area contributed by atoms with Crippen molar-refractivity contribution in [1.29, 1.82) is 0 Å². The molecule has 4 rings (SSSR count). The number of nitrogens with zero attached hydrogens (tertiary/aromatic N) is 1. The van der Waals surface area contributed by atoms with Crippen LogP contribution >= 0.6 is 11.3 Å². The van der Waals surface area contributed by atoms with Crippen LogP contribution in [-0.2, 0) is 41.7 Å². The Bertz CT molecular complexity index is 2000. The Kier molecular flexibility index (Phi) is 15.3. The van der Waals surface area contributed by atoms with Crippen molar-refractivity contribution in [2.75, 3.05) is 34.0 Å². The van der Waals surface area contributed by atoms with Gasteiger partial charge < -0.3 is 43.4 Å². The van der Waals surface area contributed by atoms with E-state index in [2.05, 4.69) is 5.32 Å². The number of hydrogen-bond donors (Lipinski definition) is 1. The van der Waals surface area contributed by atoms with E-state index in [9.17, 15) is 24.0 Å². The molecule has 0 saturated carbocycles. The normalized spacial score (nSPS) is 13.1. The van der Waals surface area contributed by atoms with Crippen molar-refractivity contribution in [2.45, 2.75) is 111 Å². The van der Waals surface area contributed by atoms with Gasteiger partial charge >= 0.3 is 18.0 Å². The lowest BCUT2D eigenvalue weighted by atomic mass is 10.1. The Morgan fingerprint density at radius 1 is 0.793 bits per heavy atom. The standard InChI is InChI=1S/C41H52F2N2O12S/c1-23(20-44-39(50)57-41(5,6)7)55-33(48)13-11-27(46)31-18-25-30(58-31)19-29(52-9)38(35(25)42)54-16-10-15-53-37-28(51-8)17-24-21-45(22-26(24)36(37)43)32(47)12-14-34(49)56-40(2,3)4/h17-19,23H,10-16,20-22H2,1-9H3,(H,44,50)/t23-/m0/s1. The van der Waals surface area contributed by atoms with Crippen LogP contribution in [0.5, 0.6) is 23.0 Å². The van der Waals surface area contributed by atoms with Crippen LogP contribution in [0.15, 0.2) is 18.2 Å². The number of thiophene rings is 1. The first-order valence-electron chi connectivity index (χ1n) is 18.8. The zero-order valence-corrected chi connectivity index (χ0v) is 35.2. The lowest BCUT2D eigenvalue weighted by Crippen LogP contribution is -2.37. The number of amides is 2. The number of carbonyl (C=O) groups excluding carboxylic acids is 5. The van der Waals surface area contributed by atoms with Gasteiger partial charge in [-0.05, 0) is 66.2 Å². The number of methoxy groups -OCH3 is 2. The number of carbonyl (C=O) groups is 5. The Morgan fingerprint density at radius 3 is 2.02 bits per heavy atom. The van der Waals surface area contributed by atoms with Gasteiger partial charge in [0.05, 0.1) is 51.7 Å². The maximum atomic E-state index is 15.8. The van der Waals surface area contributed by atoms with E-state index in [1.54, 1.807) is 60.6 Å². The predicted octanol–water partition coefficient (Wildman–Crippen LogP) is 7.43. The summed E-state index contributed by atoms with van der Waals surface area (Å²) in [6.45, 7) is 12.1. The first kappa shape index (κ1) is 45.5. The Balaban J connectivity index is 1.29. The number of hydrogen-bond acceptors (Lipinski definition) is 13. The molecule has 0 fully saturated rings. The second-order valence-corrected chi connectivity index (χ2v) is 16.7. The van der Waals surface area contributed by atoms with Crippen molar-refractivity contribution >= 4 is 51.1 Å². The molecule has 318 valence electrons. The van der Waals surface area contributed by atoms with Crippen molar-refractivity contribution in [3.05, 3.63) is 45.8 Å². The fourth-order valence-corrected chi connectivity index (χ4v) is 6.87. The van der Waals surface area contributed by atoms with E-state index in [-0.39, 0.29) is 115 Å². The molecule has 17 heteroatoms. The Labute approximate surface area is 340 Å². The molecule has 3 aromatic rings. The smallest absolute Gasteiger partial charge is 0.407 e. The maximum Gasteiger partial charge on any atom is 0.407 e. The number of esters is 2. The van der Waals surface area contributed by atoms with E-state index in [0.29, 0.717) is 10.3 Å². The molecular formula is C41H52F2N2O12S. The van der Waals surface area contributed by atoms with Crippen molar-refractivity contribution in [2.24, 2.45) is 0 Å². The molecule has 58 heavy (non-hydrogen) atoms. The topological polar surface area (TPSA) is 165 Å². The first-order chi connectivity index (χ1) is 27.2. The highest BCUT2D eigenvalue weighted by Gasteiger charge is 2.31. The number of ether oxygens (including phenoxy) is 7. The number of ketones is 1. The molecule has 0 unspecified atom stereocenters. The number of halogens is 2. The number of Topliss-reactive ketones (excluding diaryl/α,β-unsaturated/α-hetero) is 1. The minimum atomic E-state index is -0.743. The molecule has 1 aliphatic heterocycles. The first-order valence-corrected chi connectivity index (χ1v) is 19.6. The van der Waals surface area contributed by atoms with Gasteiger partial charge in [0.1, 0.15) is 17.3 Å². The molecule has 0 radical (unpaired) electrons. The zero-order valence-electron chi connectivity index (χ0n) is 34.4. The molecule has 1 atom stereocenters. The van der Waals surface area contributed by atoms with Crippen LogP contribution in [0, 0.1) is 11.6 Å². The third kappa shape index (κ3) is 12.7. The number of alkyl carbamates (subject to hydrolysis) is 1. The number of fused-ring (bicyclic) bond motifs is 2. The largest absolute Gasteiger partial charge is 0.493 e. The van der Waals surface area contributed by atoms with Crippen molar-refractivity contribution < 1.29 is 65.9 Å². The van der Waals surface area contributed by atoms with Crippen LogP contribution in [0.4, 0.5) is 13.6 Å². The molecule has 1 aliphatic rings. The van der Waals surface area contributed by atoms with Gasteiger partial charge in [-0.25, -0.2) is 13.6 Å². The van der Waals surface area contributed by atoms with Crippen LogP contribution in [-0.4, -0.2) is 85.9 Å². The lowest BCUT2D eigenvalue weighted by Gasteiger charge is -2.20. The van der Waals surface area contributed by atoms with Crippen LogP contribution in [0.2, 0.25) is 0 Å². The third-order valence-corrected chi connectivity index (χ3v) is 9.53. The van der Waals surface area contributed by atoms with Gasteiger partial charge in [0.25, 0.3) is 0 Å². The quantitative estimate of drug-likeness (QED) is 0.0584. The summed E-state index contributed by atoms with van der Waals surface area (Å²) in [6, 6.07) is 4.56. The molecule has 1 N–H and O–H groups in total. The minimum Gasteiger partial charge on any atom is -0.493 e. The zero-order chi connectivity index (χ0) is 42.9. The fraction of sp³-hybridized carbons (Fsp3) is 0.537. The number of nitrogens with one attached hydrogen (secondary N) is 1. The molecule has 0 aliphatic carbocycles. The van der Waals surface area contributed by atoms with Crippen molar-refractivity contribution in [3.63, 3.8) is 0 Å². The van der Waals surface area contributed by atoms with Gasteiger partial charge in [0.15, 0.2) is 40.4 Å². The van der Waals surface area contributed by atoms with E-state index in [1.807, 2.05) is 0 Å². The van der Waals surface area contributed by atoms with Crippen LogP contribution in [0.3, 0.4) is 0 Å². The Morgan fingerprint density at radius 2 is 1.40 bits per heavy atom. The highest BCUT2D eigenvalue weighted by Crippen LogP contribution is 2.41. The number of rotatable bonds is 18. The van der Waals surface area contributed by atoms with Gasteiger partial charge in [-0.3, -0.25) is 19.2 Å². The van der Waals surface area contributed by atoms with Gasteiger partial charge in [0.2, 0.25) is 5.91 Å². The van der Waals surface area contributed by atoms with Gasteiger partial charge in [0, 0.05) is 54.1 Å². The summed E-state index contributed by atoms with van der Waals surface area (Å²) < 4.78 is 70.0. The van der Waals surface area contributed by atoms with E-state index >= 15 is 8.78 Å². The molecule has 2 aromatic carbocycles. The monoisotopic (exact) mass is 834 g/mol. The summed E-state index contributed by atoms with van der Waals surface area (Å²) >= 11 is 1.04. The maximum absolute atomic E-state index is 15.8. The summed E-state index contributed by atoms with van der Waals surface area (Å²) in [5.41, 5.74) is -0.503. The summed E-state index contributed by atoms with van der Waals surface area (Å²) in [7, 11) is 2.72. The van der Waals surface area contributed by atoms with Crippen molar-refractivity contribution in [1.82, 2.24) is 10.2 Å². The average Bonchev–Trinajstić information content (AvgIpc) is 3.77. The van der Waals surface area contributed by atoms with E-state index < -0.39 is 47.0 Å². The molecule has 2 heterocycles. The van der Waals surface area contributed by atoms with E-state index in [4.69, 9.17) is 33.2 Å². The molecule has 0 spiro atoms. The highest BCUT2D eigenvalue weighted by atomic mass is 32.1. The molecule has 1 aromatic heterocycles. The minimum absolute atomic E-state index is 0.00230. The van der Waals surface area contributed by atoms with Gasteiger partial charge in [-0.2, -0.15) is 0 Å². The summed E-state index contributed by atoms with van der Waals surface area (Å²) in [6.07, 6.45) is -1.68. The van der Waals surface area contributed by atoms with Crippen LogP contribution in [0.25, 0.3) is 10.1 Å². The van der Waals surface area contributed by atoms with Crippen molar-refractivity contribution in [3.8, 4) is 23.0 Å². The number of benzene rings is 2. The fourth-order valence-electron chi connectivity index (χ4n) is 5.82. The molecule has 2 amide bonds. The summed E-state index contributed by atoms with van der Waals surface area (Å²) in [4.78, 5) is 63.8. The van der Waals surface area contributed by atoms with Crippen LogP contribution < -0.4 is 24.3 Å². The van der Waals surface area contributed by atoms with Gasteiger partial charge in [-0.1, -0.05) is 0 Å². The molecular weight excluding hydrogens is 783 g/mol. The van der Waals surface area contributed by atoms with Gasteiger partial charge in [-0.15, -0.1) is 11.3 Å². The highest BCUT2D eigenvalue weighted by molar-refractivity contribution is 7.20. The second-order valence-electron chi connectivity index (χ2n) is 15.6. The molecule has 14 nitrogen and oxygen atoms in total. The van der Waals surface area contributed by atoms with E-state index in [1.165, 1.54) is 25.2 Å². The lowest BCUT2D eigenvalue weighted by molar-refractivity contribution is -0.156. The third-order valence-electron chi connectivity index (χ3n) is 8.41. The average molecular weight is 835 g/mol. The second kappa shape index (κ2) is 19.5. The summed E-state index contributed by atoms with van der Waals surface area (Å²) in [5, 5.41) is 2.65. The molecule has 0 saturated heterocycles. The predicted molar refractivity (Wildman–Crippen MR) is 210 cm³/mol. The SMILES string of the molecule is COc1cc2c(c(F)c1OCCCOc1c(OC)cc3sc(C(=O)CCC(=O)O[C@@H](C)CNC(=O)OC(C)(C)C)cc3c1F)CN(C(=O)CCC(=O)OC(C)(C)C)C2. The van der Waals surface area contributed by atoms with Crippen LogP contribution in [0.1, 0.15) is 101 Å². The van der Waals surface area contributed by atoms with E-state index in [0.717, 1.165) is 11.3 Å².